The van der Waals surface area contributed by atoms with E-state index in [0.29, 0.717) is 6.54 Å². The summed E-state index contributed by atoms with van der Waals surface area (Å²) < 4.78 is 0. The van der Waals surface area contributed by atoms with Crippen molar-refractivity contribution in [2.75, 3.05) is 26.0 Å². The molecule has 5 heteroatoms. The van der Waals surface area contributed by atoms with Crippen molar-refractivity contribution >= 4 is 17.5 Å². The summed E-state index contributed by atoms with van der Waals surface area (Å²) in [6.07, 6.45) is 1.85. The third-order valence-electron chi connectivity index (χ3n) is 5.31. The summed E-state index contributed by atoms with van der Waals surface area (Å²) in [6.45, 7) is 6.77. The Kier molecular flexibility index (Phi) is 8.40. The third-order valence-corrected chi connectivity index (χ3v) is 5.31. The number of likely N-dealkylation sites (N-methyl/N-ethyl adjacent to an activating group) is 2. The van der Waals surface area contributed by atoms with E-state index in [-0.39, 0.29) is 24.4 Å². The molecule has 0 aliphatic carbocycles. The van der Waals surface area contributed by atoms with Gasteiger partial charge in [0.2, 0.25) is 11.8 Å². The first-order valence-corrected chi connectivity index (χ1v) is 10.3. The molecule has 0 aliphatic heterocycles. The van der Waals surface area contributed by atoms with Gasteiger partial charge in [0, 0.05) is 19.3 Å². The minimum atomic E-state index is -0.318. The number of benzene rings is 2. The van der Waals surface area contributed by atoms with Crippen LogP contribution >= 0.6 is 0 Å². The van der Waals surface area contributed by atoms with Gasteiger partial charge in [-0.25, -0.2) is 0 Å². The maximum atomic E-state index is 12.8. The Morgan fingerprint density at radius 3 is 2.17 bits per heavy atom. The molecular weight excluding hydrogens is 362 g/mol. The molecular formula is C24H33N3O2. The summed E-state index contributed by atoms with van der Waals surface area (Å²) in [5.74, 6) is -0.261. The first kappa shape index (κ1) is 22.6. The molecule has 29 heavy (non-hydrogen) atoms. The molecule has 1 unspecified atom stereocenters. The third kappa shape index (κ3) is 6.43. The van der Waals surface area contributed by atoms with E-state index < -0.39 is 0 Å². The minimum Gasteiger partial charge on any atom is -0.335 e. The molecule has 1 atom stereocenters. The molecule has 2 aromatic rings. The lowest BCUT2D eigenvalue weighted by Gasteiger charge is -2.28. The lowest BCUT2D eigenvalue weighted by atomic mass is 10.1. The van der Waals surface area contributed by atoms with Crippen LogP contribution in [-0.2, 0) is 29.0 Å². The van der Waals surface area contributed by atoms with Crippen molar-refractivity contribution in [1.29, 1.82) is 0 Å². The molecule has 0 aromatic heterocycles. The average molecular weight is 396 g/mol. The number of hydrogen-bond donors (Lipinski definition) is 1. The number of carbonyl (C=O) groups excluding carboxylic acids is 2. The van der Waals surface area contributed by atoms with Crippen molar-refractivity contribution in [1.82, 2.24) is 9.80 Å². The SMILES string of the molecule is CCc1ccc(CN(C)C(C)C(=O)N(C)CC(=O)Nc2ccccc2CC)cc1. The molecule has 5 nitrogen and oxygen atoms in total. The quantitative estimate of drug-likeness (QED) is 0.704. The molecule has 2 amide bonds. The van der Waals surface area contributed by atoms with Gasteiger partial charge in [0.05, 0.1) is 12.6 Å². The molecule has 156 valence electrons. The fraction of sp³-hybridized carbons (Fsp3) is 0.417. The van der Waals surface area contributed by atoms with Gasteiger partial charge >= 0.3 is 0 Å². The number of rotatable bonds is 9. The van der Waals surface area contributed by atoms with Crippen molar-refractivity contribution in [2.45, 2.75) is 46.2 Å². The molecule has 2 aromatic carbocycles. The topological polar surface area (TPSA) is 52.7 Å². The Hall–Kier alpha value is -2.66. The van der Waals surface area contributed by atoms with Crippen LogP contribution < -0.4 is 5.32 Å². The molecule has 2 rings (SSSR count). The molecule has 0 bridgehead atoms. The van der Waals surface area contributed by atoms with Crippen molar-refractivity contribution in [3.63, 3.8) is 0 Å². The summed E-state index contributed by atoms with van der Waals surface area (Å²) in [5, 5.41) is 2.92. The van der Waals surface area contributed by atoms with Crippen LogP contribution in [0.25, 0.3) is 0 Å². The van der Waals surface area contributed by atoms with Gasteiger partial charge in [-0.05, 0) is 49.6 Å². The first-order valence-electron chi connectivity index (χ1n) is 10.3. The molecule has 0 saturated carbocycles. The fourth-order valence-corrected chi connectivity index (χ4v) is 3.25. The van der Waals surface area contributed by atoms with Gasteiger partial charge in [-0.15, -0.1) is 0 Å². The Balaban J connectivity index is 1.90. The van der Waals surface area contributed by atoms with Gasteiger partial charge in [-0.2, -0.15) is 0 Å². The van der Waals surface area contributed by atoms with Crippen molar-refractivity contribution < 1.29 is 9.59 Å². The van der Waals surface area contributed by atoms with Crippen LogP contribution in [0.5, 0.6) is 0 Å². The van der Waals surface area contributed by atoms with Crippen molar-refractivity contribution in [2.24, 2.45) is 0 Å². The summed E-state index contributed by atoms with van der Waals surface area (Å²) in [7, 11) is 3.61. The molecule has 0 spiro atoms. The second-order valence-corrected chi connectivity index (χ2v) is 7.51. The van der Waals surface area contributed by atoms with Crippen LogP contribution in [0.4, 0.5) is 5.69 Å². The summed E-state index contributed by atoms with van der Waals surface area (Å²) >= 11 is 0. The second kappa shape index (κ2) is 10.8. The molecule has 0 fully saturated rings. The predicted molar refractivity (Wildman–Crippen MR) is 119 cm³/mol. The van der Waals surface area contributed by atoms with E-state index in [9.17, 15) is 9.59 Å². The Labute approximate surface area is 174 Å². The molecule has 0 aliphatic rings. The highest BCUT2D eigenvalue weighted by atomic mass is 16.2. The van der Waals surface area contributed by atoms with Crippen LogP contribution in [-0.4, -0.2) is 48.3 Å². The highest BCUT2D eigenvalue weighted by Gasteiger charge is 2.23. The normalized spacial score (nSPS) is 11.9. The number of hydrogen-bond acceptors (Lipinski definition) is 3. The second-order valence-electron chi connectivity index (χ2n) is 7.51. The predicted octanol–water partition coefficient (Wildman–Crippen LogP) is 3.73. The highest BCUT2D eigenvalue weighted by Crippen LogP contribution is 2.15. The lowest BCUT2D eigenvalue weighted by Crippen LogP contribution is -2.46. The zero-order valence-electron chi connectivity index (χ0n) is 18.2. The number of anilines is 1. The van der Waals surface area contributed by atoms with Gasteiger partial charge < -0.3 is 10.2 Å². The highest BCUT2D eigenvalue weighted by molar-refractivity contribution is 5.95. The van der Waals surface area contributed by atoms with Crippen molar-refractivity contribution in [3.05, 3.63) is 65.2 Å². The van der Waals surface area contributed by atoms with E-state index >= 15 is 0 Å². The number of aryl methyl sites for hydroxylation is 2. The van der Waals surface area contributed by atoms with E-state index in [4.69, 9.17) is 0 Å². The van der Waals surface area contributed by atoms with Crippen LogP contribution in [0.1, 0.15) is 37.5 Å². The number of carbonyl (C=O) groups is 2. The zero-order valence-corrected chi connectivity index (χ0v) is 18.2. The van der Waals surface area contributed by atoms with Crippen LogP contribution in [0.15, 0.2) is 48.5 Å². The molecule has 0 heterocycles. The first-order chi connectivity index (χ1) is 13.8. The number of nitrogens with zero attached hydrogens (tertiary/aromatic N) is 2. The molecule has 0 saturated heterocycles. The standard InChI is InChI=1S/C24H33N3O2/c1-6-19-12-14-20(15-13-19)16-26(4)18(3)24(29)27(5)17-23(28)25-22-11-9-8-10-21(22)7-2/h8-15,18H,6-7,16-17H2,1-5H3,(H,25,28). The van der Waals surface area contributed by atoms with Gasteiger partial charge in [-0.1, -0.05) is 56.3 Å². The van der Waals surface area contributed by atoms with E-state index in [1.165, 1.54) is 16.0 Å². The van der Waals surface area contributed by atoms with Gasteiger partial charge in [-0.3, -0.25) is 14.5 Å². The smallest absolute Gasteiger partial charge is 0.243 e. The van der Waals surface area contributed by atoms with E-state index in [0.717, 1.165) is 24.1 Å². The van der Waals surface area contributed by atoms with Gasteiger partial charge in [0.15, 0.2) is 0 Å². The van der Waals surface area contributed by atoms with E-state index in [1.807, 2.05) is 50.1 Å². The monoisotopic (exact) mass is 395 g/mol. The maximum absolute atomic E-state index is 12.8. The summed E-state index contributed by atoms with van der Waals surface area (Å²) in [4.78, 5) is 28.7. The van der Waals surface area contributed by atoms with Crippen LogP contribution in [0.3, 0.4) is 0 Å². The van der Waals surface area contributed by atoms with Crippen LogP contribution in [0, 0.1) is 0 Å². The Bertz CT molecular complexity index is 817. The molecule has 1 N–H and O–H groups in total. The van der Waals surface area contributed by atoms with Gasteiger partial charge in [0.1, 0.15) is 0 Å². The zero-order chi connectivity index (χ0) is 21.4. The largest absolute Gasteiger partial charge is 0.335 e. The van der Waals surface area contributed by atoms with E-state index in [1.54, 1.807) is 7.05 Å². The maximum Gasteiger partial charge on any atom is 0.243 e. The summed E-state index contributed by atoms with van der Waals surface area (Å²) in [5.41, 5.74) is 4.36. The Morgan fingerprint density at radius 1 is 0.931 bits per heavy atom. The lowest BCUT2D eigenvalue weighted by molar-refractivity contribution is -0.137. The fourth-order valence-electron chi connectivity index (χ4n) is 3.25. The molecule has 0 radical (unpaired) electrons. The van der Waals surface area contributed by atoms with E-state index in [2.05, 4.69) is 36.5 Å². The Morgan fingerprint density at radius 2 is 1.55 bits per heavy atom. The number of nitrogens with one attached hydrogen (secondary N) is 1. The minimum absolute atomic E-state index is 0.0280. The average Bonchev–Trinajstić information content (AvgIpc) is 2.73. The number of para-hydroxylation sites is 1. The van der Waals surface area contributed by atoms with Gasteiger partial charge in [0.25, 0.3) is 0 Å². The van der Waals surface area contributed by atoms with Crippen LogP contribution in [0.2, 0.25) is 0 Å². The number of amides is 2. The van der Waals surface area contributed by atoms with Crippen molar-refractivity contribution in [3.8, 4) is 0 Å². The summed E-state index contributed by atoms with van der Waals surface area (Å²) in [6, 6.07) is 15.9.